The normalized spacial score (nSPS) is 17.5. The van der Waals surface area contributed by atoms with E-state index in [1.165, 1.54) is 31.7 Å². The van der Waals surface area contributed by atoms with E-state index in [0.29, 0.717) is 22.6 Å². The number of nitrogens with one attached hydrogen (secondary N) is 2. The zero-order valence-corrected chi connectivity index (χ0v) is 16.6. The topological polar surface area (TPSA) is 74.3 Å². The highest BCUT2D eigenvalue weighted by atomic mass is 19.1. The molecule has 148 valence electrons. The van der Waals surface area contributed by atoms with Gasteiger partial charge >= 0.3 is 0 Å². The summed E-state index contributed by atoms with van der Waals surface area (Å²) in [6.07, 6.45) is 5.79. The predicted molar refractivity (Wildman–Crippen MR) is 114 cm³/mol. The minimum atomic E-state index is -0.347. The maximum atomic E-state index is 14.6. The molecule has 5 heteroatoms. The lowest BCUT2D eigenvalue weighted by atomic mass is 9.75. The number of amidine groups is 1. The first kappa shape index (κ1) is 20.2. The molecule has 3 rings (SSSR count). The molecule has 2 aromatic carbocycles. The van der Waals surface area contributed by atoms with E-state index in [9.17, 15) is 4.39 Å². The predicted octanol–water partition coefficient (Wildman–Crippen LogP) is 4.86. The minimum absolute atomic E-state index is 0.133. The fraction of sp³-hybridized carbons (Fsp3) is 0.391. The van der Waals surface area contributed by atoms with E-state index in [-0.39, 0.29) is 11.7 Å². The highest BCUT2D eigenvalue weighted by Crippen LogP contribution is 2.35. The monoisotopic (exact) mass is 380 g/mol. The Morgan fingerprint density at radius 1 is 1.25 bits per heavy atom. The largest absolute Gasteiger partial charge is 0.383 e. The lowest BCUT2D eigenvalue weighted by molar-refractivity contribution is 0.206. The second kappa shape index (κ2) is 8.65. The van der Waals surface area contributed by atoms with Gasteiger partial charge in [-0.05, 0) is 54.4 Å². The maximum absolute atomic E-state index is 14.6. The Morgan fingerprint density at radius 2 is 2.00 bits per heavy atom. The summed E-state index contributed by atoms with van der Waals surface area (Å²) in [6, 6.07) is 13.4. The van der Waals surface area contributed by atoms with E-state index in [0.717, 1.165) is 24.0 Å². The molecule has 4 N–H and O–H groups in total. The number of halogens is 1. The molecule has 1 aliphatic rings. The first-order chi connectivity index (χ1) is 13.4. The van der Waals surface area contributed by atoms with E-state index in [2.05, 4.69) is 30.2 Å². The highest BCUT2D eigenvalue weighted by Gasteiger charge is 2.26. The van der Waals surface area contributed by atoms with Crippen molar-refractivity contribution in [1.82, 2.24) is 5.32 Å². The number of nitrogens with zero attached hydrogens (tertiary/aromatic N) is 1. The van der Waals surface area contributed by atoms with Crippen molar-refractivity contribution in [2.24, 2.45) is 16.1 Å². The molecule has 0 radical (unpaired) electrons. The van der Waals surface area contributed by atoms with Gasteiger partial charge in [0.2, 0.25) is 0 Å². The van der Waals surface area contributed by atoms with Crippen LogP contribution in [0.15, 0.2) is 47.5 Å². The van der Waals surface area contributed by atoms with Crippen LogP contribution in [-0.4, -0.2) is 18.2 Å². The van der Waals surface area contributed by atoms with Crippen molar-refractivity contribution >= 4 is 12.2 Å². The summed E-state index contributed by atoms with van der Waals surface area (Å²) < 4.78 is 14.6. The third kappa shape index (κ3) is 5.04. The van der Waals surface area contributed by atoms with Gasteiger partial charge in [0.25, 0.3) is 0 Å². The molecular formula is C23H29FN4. The Bertz CT molecular complexity index is 863. The lowest BCUT2D eigenvalue weighted by Crippen LogP contribution is -2.35. The van der Waals surface area contributed by atoms with Crippen LogP contribution in [-0.2, 0) is 6.54 Å². The van der Waals surface area contributed by atoms with Crippen molar-refractivity contribution in [3.05, 3.63) is 59.4 Å². The summed E-state index contributed by atoms with van der Waals surface area (Å²) in [5.74, 6) is -0.214. The Labute approximate surface area is 166 Å². The van der Waals surface area contributed by atoms with Crippen LogP contribution in [0.3, 0.4) is 0 Å². The SMILES string of the molecule is CC1(C)CCC(NCc2cccc(-c3ccc(C(N)=NC=N)cc3F)c2)CC1. The first-order valence-corrected chi connectivity index (χ1v) is 9.83. The average molecular weight is 381 g/mol. The number of hydrogen-bond acceptors (Lipinski definition) is 2. The third-order valence-corrected chi connectivity index (χ3v) is 5.64. The smallest absolute Gasteiger partial charge is 0.132 e. The molecule has 0 aliphatic heterocycles. The van der Waals surface area contributed by atoms with Crippen molar-refractivity contribution in [3.8, 4) is 11.1 Å². The summed E-state index contributed by atoms with van der Waals surface area (Å²) >= 11 is 0. The van der Waals surface area contributed by atoms with Crippen LogP contribution in [0.25, 0.3) is 11.1 Å². The van der Waals surface area contributed by atoms with Crippen LogP contribution in [0.1, 0.15) is 50.7 Å². The van der Waals surface area contributed by atoms with Crippen molar-refractivity contribution in [2.45, 2.75) is 52.1 Å². The van der Waals surface area contributed by atoms with E-state index < -0.39 is 0 Å². The standard InChI is InChI=1S/C23H29FN4/c1-23(2)10-8-19(9-11-23)27-14-16-4-3-5-17(12-16)20-7-6-18(13-21(20)24)22(26)28-15-25/h3-7,12-13,15,19,27H,8-11,14H2,1-2H3,(H3,25,26,28). The molecule has 0 heterocycles. The first-order valence-electron chi connectivity index (χ1n) is 9.83. The lowest BCUT2D eigenvalue weighted by Gasteiger charge is -2.34. The highest BCUT2D eigenvalue weighted by molar-refractivity contribution is 6.01. The van der Waals surface area contributed by atoms with Crippen molar-refractivity contribution in [3.63, 3.8) is 0 Å². The second-order valence-electron chi connectivity index (χ2n) is 8.36. The van der Waals surface area contributed by atoms with Gasteiger partial charge in [-0.2, -0.15) is 0 Å². The number of rotatable bonds is 6. The van der Waals surface area contributed by atoms with Gasteiger partial charge in [0, 0.05) is 23.7 Å². The van der Waals surface area contributed by atoms with Crippen LogP contribution < -0.4 is 11.1 Å². The molecule has 2 aromatic rings. The molecule has 0 amide bonds. The van der Waals surface area contributed by atoms with Crippen LogP contribution in [0.4, 0.5) is 4.39 Å². The van der Waals surface area contributed by atoms with Gasteiger partial charge < -0.3 is 11.1 Å². The zero-order valence-electron chi connectivity index (χ0n) is 16.6. The fourth-order valence-electron chi connectivity index (χ4n) is 3.77. The van der Waals surface area contributed by atoms with Gasteiger partial charge in [-0.1, -0.05) is 44.2 Å². The molecule has 0 unspecified atom stereocenters. The summed E-state index contributed by atoms with van der Waals surface area (Å²) in [5, 5.41) is 10.6. The molecule has 1 aliphatic carbocycles. The Morgan fingerprint density at radius 3 is 2.68 bits per heavy atom. The third-order valence-electron chi connectivity index (χ3n) is 5.64. The summed E-state index contributed by atoms with van der Waals surface area (Å²) in [5.41, 5.74) is 9.21. The van der Waals surface area contributed by atoms with Crippen molar-refractivity contribution in [2.75, 3.05) is 0 Å². The maximum Gasteiger partial charge on any atom is 0.132 e. The number of benzene rings is 2. The zero-order chi connectivity index (χ0) is 20.1. The van der Waals surface area contributed by atoms with E-state index in [1.54, 1.807) is 12.1 Å². The van der Waals surface area contributed by atoms with Gasteiger partial charge in [0.1, 0.15) is 18.0 Å². The molecule has 1 saturated carbocycles. The summed E-state index contributed by atoms with van der Waals surface area (Å²) in [6.45, 7) is 5.48. The molecule has 28 heavy (non-hydrogen) atoms. The summed E-state index contributed by atoms with van der Waals surface area (Å²) in [4.78, 5) is 3.69. The number of nitrogens with two attached hydrogens (primary N) is 1. The van der Waals surface area contributed by atoms with Gasteiger partial charge in [-0.25, -0.2) is 9.38 Å². The summed E-state index contributed by atoms with van der Waals surface area (Å²) in [7, 11) is 0. The molecule has 0 bridgehead atoms. The quantitative estimate of drug-likeness (QED) is 0.494. The minimum Gasteiger partial charge on any atom is -0.383 e. The second-order valence-corrected chi connectivity index (χ2v) is 8.36. The number of hydrogen-bond donors (Lipinski definition) is 3. The van der Waals surface area contributed by atoms with Crippen LogP contribution in [0.5, 0.6) is 0 Å². The Kier molecular flexibility index (Phi) is 6.25. The number of aliphatic imine (C=N–C) groups is 1. The van der Waals surface area contributed by atoms with E-state index in [1.807, 2.05) is 18.2 Å². The van der Waals surface area contributed by atoms with Gasteiger partial charge in [0.05, 0.1) is 0 Å². The van der Waals surface area contributed by atoms with Crippen LogP contribution in [0, 0.1) is 16.6 Å². The van der Waals surface area contributed by atoms with Crippen LogP contribution in [0.2, 0.25) is 0 Å². The fourth-order valence-corrected chi connectivity index (χ4v) is 3.77. The van der Waals surface area contributed by atoms with Gasteiger partial charge in [0.15, 0.2) is 0 Å². The Balaban J connectivity index is 1.69. The molecule has 4 nitrogen and oxygen atoms in total. The Hall–Kier alpha value is -2.53. The average Bonchev–Trinajstić information content (AvgIpc) is 2.67. The van der Waals surface area contributed by atoms with Gasteiger partial charge in [-0.15, -0.1) is 0 Å². The molecule has 0 atom stereocenters. The molecule has 0 saturated heterocycles. The molecular weight excluding hydrogens is 351 g/mol. The van der Waals surface area contributed by atoms with E-state index >= 15 is 0 Å². The van der Waals surface area contributed by atoms with E-state index in [4.69, 9.17) is 11.1 Å². The molecule has 0 spiro atoms. The van der Waals surface area contributed by atoms with Crippen molar-refractivity contribution < 1.29 is 4.39 Å². The van der Waals surface area contributed by atoms with Gasteiger partial charge in [-0.3, -0.25) is 5.41 Å². The van der Waals surface area contributed by atoms with Crippen LogP contribution >= 0.6 is 0 Å². The van der Waals surface area contributed by atoms with Crippen molar-refractivity contribution in [1.29, 1.82) is 5.41 Å². The molecule has 0 aromatic heterocycles. The molecule has 1 fully saturated rings.